The molecule has 0 fully saturated rings. The molecule has 0 aliphatic carbocycles. The molecule has 4 rings (SSSR count). The van der Waals surface area contributed by atoms with Crippen LogP contribution in [0.1, 0.15) is 5.56 Å². The van der Waals surface area contributed by atoms with Crippen molar-refractivity contribution in [1.29, 1.82) is 0 Å². The SMILES string of the molecule is Cc1ccc(-n2[nH][n+]3c(ccc4ccccc43)c2=O)cc1.[OH-]. The van der Waals surface area contributed by atoms with Gasteiger partial charge in [0.1, 0.15) is 0 Å². The number of aromatic amines is 1. The molecule has 0 atom stereocenters. The lowest BCUT2D eigenvalue weighted by atomic mass is 10.2. The Bertz CT molecular complexity index is 1010. The molecule has 2 heterocycles. The second-order valence-electron chi connectivity index (χ2n) is 5.19. The molecule has 5 heteroatoms. The van der Waals surface area contributed by atoms with Gasteiger partial charge in [0.25, 0.3) is 0 Å². The number of para-hydroxylation sites is 1. The molecule has 0 aliphatic heterocycles. The van der Waals surface area contributed by atoms with Gasteiger partial charge in [-0.3, -0.25) is 0 Å². The predicted molar refractivity (Wildman–Crippen MR) is 83.7 cm³/mol. The molecule has 0 amide bonds. The predicted octanol–water partition coefficient (Wildman–Crippen LogP) is 2.19. The van der Waals surface area contributed by atoms with Crippen LogP contribution in [0.25, 0.3) is 22.1 Å². The van der Waals surface area contributed by atoms with E-state index >= 15 is 0 Å². The van der Waals surface area contributed by atoms with E-state index in [0.29, 0.717) is 5.52 Å². The maximum Gasteiger partial charge on any atom is 0.406 e. The maximum absolute atomic E-state index is 12.6. The normalized spacial score (nSPS) is 10.8. The molecule has 0 radical (unpaired) electrons. The Morgan fingerprint density at radius 2 is 1.64 bits per heavy atom. The van der Waals surface area contributed by atoms with E-state index in [1.165, 1.54) is 5.56 Å². The zero-order chi connectivity index (χ0) is 14.4. The molecular weight excluding hydrogens is 278 g/mol. The van der Waals surface area contributed by atoms with Crippen LogP contribution >= 0.6 is 0 Å². The summed E-state index contributed by atoms with van der Waals surface area (Å²) in [6, 6.07) is 19.7. The molecule has 110 valence electrons. The number of aryl methyl sites for hydroxylation is 1. The minimum atomic E-state index is -0.0513. The first-order valence-electron chi connectivity index (χ1n) is 6.86. The molecule has 0 spiro atoms. The molecule has 5 nitrogen and oxygen atoms in total. The number of fused-ring (bicyclic) bond motifs is 3. The Balaban J connectivity index is 0.00000144. The van der Waals surface area contributed by atoms with E-state index in [9.17, 15) is 4.79 Å². The van der Waals surface area contributed by atoms with Gasteiger partial charge in [-0.1, -0.05) is 45.8 Å². The van der Waals surface area contributed by atoms with Crippen LogP contribution in [0, 0.1) is 6.92 Å². The van der Waals surface area contributed by atoms with Crippen molar-refractivity contribution in [1.82, 2.24) is 9.90 Å². The Hall–Kier alpha value is -2.92. The number of benzene rings is 2. The zero-order valence-electron chi connectivity index (χ0n) is 12.0. The van der Waals surface area contributed by atoms with Crippen LogP contribution in [0.2, 0.25) is 0 Å². The van der Waals surface area contributed by atoms with Crippen molar-refractivity contribution in [2.45, 2.75) is 6.92 Å². The summed E-state index contributed by atoms with van der Waals surface area (Å²) in [6.45, 7) is 2.03. The van der Waals surface area contributed by atoms with Gasteiger partial charge in [0.15, 0.2) is 11.2 Å². The molecule has 0 aliphatic rings. The topological polar surface area (TPSA) is 71.9 Å². The van der Waals surface area contributed by atoms with Gasteiger partial charge in [-0.2, -0.15) is 0 Å². The number of hydrogen-bond acceptors (Lipinski definition) is 2. The fourth-order valence-electron chi connectivity index (χ4n) is 2.61. The lowest BCUT2D eigenvalue weighted by Gasteiger charge is -1.95. The molecule has 0 saturated carbocycles. The molecule has 0 bridgehead atoms. The first-order valence-corrected chi connectivity index (χ1v) is 6.86. The van der Waals surface area contributed by atoms with Gasteiger partial charge in [0.2, 0.25) is 5.52 Å². The van der Waals surface area contributed by atoms with Crippen LogP contribution in [0.5, 0.6) is 0 Å². The second kappa shape index (κ2) is 5.13. The zero-order valence-corrected chi connectivity index (χ0v) is 12.0. The third-order valence-electron chi connectivity index (χ3n) is 3.75. The Morgan fingerprint density at radius 1 is 0.909 bits per heavy atom. The molecule has 2 N–H and O–H groups in total. The third kappa shape index (κ3) is 1.99. The van der Waals surface area contributed by atoms with Crippen LogP contribution in [0.3, 0.4) is 0 Å². The van der Waals surface area contributed by atoms with Gasteiger partial charge in [-0.25, -0.2) is 4.79 Å². The average Bonchev–Trinajstić information content (AvgIpc) is 2.86. The number of pyridine rings is 1. The fourth-order valence-corrected chi connectivity index (χ4v) is 2.61. The number of hydrogen-bond donors (Lipinski definition) is 1. The van der Waals surface area contributed by atoms with Gasteiger partial charge in [-0.05, 0) is 37.3 Å². The number of H-pyrrole nitrogens is 1. The van der Waals surface area contributed by atoms with E-state index in [4.69, 9.17) is 0 Å². The Morgan fingerprint density at radius 3 is 2.41 bits per heavy atom. The number of rotatable bonds is 1. The Labute approximate surface area is 126 Å². The van der Waals surface area contributed by atoms with Crippen LogP contribution in [-0.2, 0) is 0 Å². The van der Waals surface area contributed by atoms with Crippen molar-refractivity contribution < 1.29 is 9.99 Å². The maximum atomic E-state index is 12.6. The number of aromatic nitrogens is 3. The summed E-state index contributed by atoms with van der Waals surface area (Å²) < 4.78 is 3.40. The van der Waals surface area contributed by atoms with Gasteiger partial charge < -0.3 is 5.48 Å². The van der Waals surface area contributed by atoms with E-state index in [1.807, 2.05) is 72.1 Å². The van der Waals surface area contributed by atoms with Crippen LogP contribution in [0.15, 0.2) is 65.5 Å². The third-order valence-corrected chi connectivity index (χ3v) is 3.75. The highest BCUT2D eigenvalue weighted by Crippen LogP contribution is 2.10. The molecular formula is C17H15N3O2. The minimum absolute atomic E-state index is 0. The van der Waals surface area contributed by atoms with Crippen molar-refractivity contribution in [3.05, 3.63) is 76.6 Å². The second-order valence-corrected chi connectivity index (χ2v) is 5.19. The van der Waals surface area contributed by atoms with E-state index in [1.54, 1.807) is 4.68 Å². The molecule has 0 saturated heterocycles. The average molecular weight is 293 g/mol. The molecule has 22 heavy (non-hydrogen) atoms. The van der Waals surface area contributed by atoms with Crippen molar-refractivity contribution >= 4 is 16.4 Å². The number of nitrogens with one attached hydrogen (secondary N) is 1. The highest BCUT2D eigenvalue weighted by Gasteiger charge is 2.18. The van der Waals surface area contributed by atoms with E-state index in [2.05, 4.69) is 5.21 Å². The minimum Gasteiger partial charge on any atom is -0.870 e. The summed E-state index contributed by atoms with van der Waals surface area (Å²) in [5, 5.41) is 4.25. The van der Waals surface area contributed by atoms with Crippen LogP contribution in [-0.4, -0.2) is 15.4 Å². The van der Waals surface area contributed by atoms with E-state index < -0.39 is 0 Å². The van der Waals surface area contributed by atoms with Gasteiger partial charge in [-0.15, -0.1) is 4.52 Å². The highest BCUT2D eigenvalue weighted by atomic mass is 16.1. The van der Waals surface area contributed by atoms with Crippen molar-refractivity contribution in [3.8, 4) is 5.69 Å². The van der Waals surface area contributed by atoms with Crippen LogP contribution < -0.4 is 10.1 Å². The molecule has 4 aromatic rings. The molecule has 2 aromatic heterocycles. The Kier molecular flexibility index (Phi) is 3.27. The molecule has 2 aromatic carbocycles. The van der Waals surface area contributed by atoms with E-state index in [0.717, 1.165) is 16.6 Å². The van der Waals surface area contributed by atoms with Gasteiger partial charge >= 0.3 is 5.56 Å². The van der Waals surface area contributed by atoms with E-state index in [-0.39, 0.29) is 11.0 Å². The smallest absolute Gasteiger partial charge is 0.406 e. The summed E-state index contributed by atoms with van der Waals surface area (Å²) in [5.41, 5.74) is 3.57. The van der Waals surface area contributed by atoms with Crippen molar-refractivity contribution in [2.24, 2.45) is 0 Å². The monoisotopic (exact) mass is 293 g/mol. The van der Waals surface area contributed by atoms with Crippen molar-refractivity contribution in [2.75, 3.05) is 0 Å². The van der Waals surface area contributed by atoms with Crippen LogP contribution in [0.4, 0.5) is 0 Å². The summed E-state index contributed by atoms with van der Waals surface area (Å²) in [5.74, 6) is 0. The summed E-state index contributed by atoms with van der Waals surface area (Å²) in [4.78, 5) is 12.6. The first kappa shape index (κ1) is 14.0. The van der Waals surface area contributed by atoms with Gasteiger partial charge in [0, 0.05) is 5.39 Å². The highest BCUT2D eigenvalue weighted by molar-refractivity contribution is 5.76. The fraction of sp³-hybridized carbons (Fsp3) is 0.0588. The quantitative estimate of drug-likeness (QED) is 0.546. The molecule has 0 unspecified atom stereocenters. The summed E-state index contributed by atoms with van der Waals surface area (Å²) in [7, 11) is 0. The lowest BCUT2D eigenvalue weighted by molar-refractivity contribution is -0.555. The van der Waals surface area contributed by atoms with Gasteiger partial charge in [0.05, 0.1) is 0 Å². The summed E-state index contributed by atoms with van der Waals surface area (Å²) in [6.07, 6.45) is 0. The lowest BCUT2D eigenvalue weighted by Crippen LogP contribution is -2.25. The summed E-state index contributed by atoms with van der Waals surface area (Å²) >= 11 is 0. The number of nitrogens with zero attached hydrogens (tertiary/aromatic N) is 2. The first-order chi connectivity index (χ1) is 10.2. The van der Waals surface area contributed by atoms with Crippen molar-refractivity contribution in [3.63, 3.8) is 0 Å². The standard InChI is InChI=1S/C17H13N3O.H2O/c1-12-6-9-14(10-7-12)19-17(21)16-11-8-13-4-2-3-5-15(13)20(16)18-19;/h2-11H,1H3;1H2. The largest absolute Gasteiger partial charge is 0.870 e.